The molecule has 0 saturated carbocycles. The lowest BCUT2D eigenvalue weighted by atomic mass is 10.2. The van der Waals surface area contributed by atoms with Gasteiger partial charge in [-0.2, -0.15) is 9.40 Å². The maximum atomic E-state index is 12.4. The van der Waals surface area contributed by atoms with E-state index in [2.05, 4.69) is 10.2 Å². The summed E-state index contributed by atoms with van der Waals surface area (Å²) in [6.07, 6.45) is 1.29. The molecule has 8 heteroatoms. The standard InChI is InChI=1S/C12H13Cl2N3O2S/c1-8-11(6-15-16-8)20(18,19)17(2)7-9-4-3-5-10(13)12(9)14/h3-6H,7H2,1-2H3,(H,15,16). The van der Waals surface area contributed by atoms with Crippen LogP contribution in [-0.4, -0.2) is 30.0 Å². The number of aromatic amines is 1. The number of hydrogen-bond donors (Lipinski definition) is 1. The molecule has 0 radical (unpaired) electrons. The number of sulfonamides is 1. The van der Waals surface area contributed by atoms with Gasteiger partial charge in [-0.25, -0.2) is 8.42 Å². The predicted molar refractivity (Wildman–Crippen MR) is 78.4 cm³/mol. The molecule has 1 aromatic carbocycles. The lowest BCUT2D eigenvalue weighted by molar-refractivity contribution is 0.466. The van der Waals surface area contributed by atoms with Gasteiger partial charge in [-0.05, 0) is 18.6 Å². The molecule has 1 heterocycles. The minimum Gasteiger partial charge on any atom is -0.281 e. The van der Waals surface area contributed by atoms with Crippen molar-refractivity contribution in [2.45, 2.75) is 18.4 Å². The molecule has 0 atom stereocenters. The van der Waals surface area contributed by atoms with Crippen molar-refractivity contribution in [1.29, 1.82) is 0 Å². The maximum absolute atomic E-state index is 12.4. The predicted octanol–water partition coefficient (Wildman–Crippen LogP) is 2.85. The number of nitrogens with one attached hydrogen (secondary N) is 1. The molecule has 0 aliphatic heterocycles. The quantitative estimate of drug-likeness (QED) is 0.935. The third-order valence-electron chi connectivity index (χ3n) is 2.90. The van der Waals surface area contributed by atoms with Gasteiger partial charge in [0.25, 0.3) is 0 Å². The molecule has 20 heavy (non-hydrogen) atoms. The first kappa shape index (κ1) is 15.3. The first-order valence-electron chi connectivity index (χ1n) is 5.73. The number of H-pyrrole nitrogens is 1. The van der Waals surface area contributed by atoms with Gasteiger partial charge in [0.15, 0.2) is 0 Å². The second kappa shape index (κ2) is 5.73. The van der Waals surface area contributed by atoms with Crippen molar-refractivity contribution >= 4 is 33.2 Å². The maximum Gasteiger partial charge on any atom is 0.246 e. The van der Waals surface area contributed by atoms with Crippen LogP contribution >= 0.6 is 23.2 Å². The summed E-state index contributed by atoms with van der Waals surface area (Å²) >= 11 is 12.0. The van der Waals surface area contributed by atoms with Crippen LogP contribution in [0.3, 0.4) is 0 Å². The van der Waals surface area contributed by atoms with Gasteiger partial charge in [-0.3, -0.25) is 5.10 Å². The molecule has 0 unspecified atom stereocenters. The third-order valence-corrected chi connectivity index (χ3v) is 5.67. The third kappa shape index (κ3) is 2.83. The Labute approximate surface area is 127 Å². The number of aromatic nitrogens is 2. The molecule has 0 aliphatic rings. The Morgan fingerprint density at radius 2 is 2.05 bits per heavy atom. The van der Waals surface area contributed by atoms with E-state index in [0.29, 0.717) is 21.3 Å². The van der Waals surface area contributed by atoms with Crippen LogP contribution in [0.15, 0.2) is 29.3 Å². The van der Waals surface area contributed by atoms with Crippen molar-refractivity contribution < 1.29 is 8.42 Å². The average molecular weight is 334 g/mol. The SMILES string of the molecule is Cc1[nH]ncc1S(=O)(=O)N(C)Cc1cccc(Cl)c1Cl. The van der Waals surface area contributed by atoms with Crippen LogP contribution in [0.25, 0.3) is 0 Å². The number of nitrogens with zero attached hydrogens (tertiary/aromatic N) is 2. The molecular formula is C12H13Cl2N3O2S. The van der Waals surface area contributed by atoms with E-state index in [1.807, 2.05) is 0 Å². The van der Waals surface area contributed by atoms with E-state index < -0.39 is 10.0 Å². The van der Waals surface area contributed by atoms with Crippen LogP contribution in [0.4, 0.5) is 0 Å². The monoisotopic (exact) mass is 333 g/mol. The molecule has 0 spiro atoms. The molecule has 0 fully saturated rings. The van der Waals surface area contributed by atoms with Gasteiger partial charge in [-0.1, -0.05) is 35.3 Å². The second-order valence-electron chi connectivity index (χ2n) is 4.33. The van der Waals surface area contributed by atoms with Gasteiger partial charge in [0.2, 0.25) is 10.0 Å². The van der Waals surface area contributed by atoms with Crippen molar-refractivity contribution in [2.24, 2.45) is 0 Å². The van der Waals surface area contributed by atoms with Gasteiger partial charge in [-0.15, -0.1) is 0 Å². The molecule has 2 rings (SSSR count). The minimum absolute atomic E-state index is 0.131. The van der Waals surface area contributed by atoms with Crippen LogP contribution in [-0.2, 0) is 16.6 Å². The van der Waals surface area contributed by atoms with E-state index in [0.717, 1.165) is 0 Å². The van der Waals surface area contributed by atoms with Gasteiger partial charge in [0, 0.05) is 13.6 Å². The molecule has 5 nitrogen and oxygen atoms in total. The summed E-state index contributed by atoms with van der Waals surface area (Å²) in [5.41, 5.74) is 1.14. The van der Waals surface area contributed by atoms with Crippen molar-refractivity contribution in [2.75, 3.05) is 7.05 Å². The minimum atomic E-state index is -3.62. The highest BCUT2D eigenvalue weighted by molar-refractivity contribution is 7.89. The van der Waals surface area contributed by atoms with Crippen molar-refractivity contribution in [3.8, 4) is 0 Å². The number of rotatable bonds is 4. The lowest BCUT2D eigenvalue weighted by Gasteiger charge is -2.17. The number of halogens is 2. The van der Waals surface area contributed by atoms with Crippen LogP contribution in [0.1, 0.15) is 11.3 Å². The molecule has 0 amide bonds. The fraction of sp³-hybridized carbons (Fsp3) is 0.250. The van der Waals surface area contributed by atoms with Crippen LogP contribution in [0, 0.1) is 6.92 Å². The van der Waals surface area contributed by atoms with E-state index in [1.165, 1.54) is 17.5 Å². The fourth-order valence-electron chi connectivity index (χ4n) is 1.76. The van der Waals surface area contributed by atoms with Crippen molar-refractivity contribution in [1.82, 2.24) is 14.5 Å². The summed E-state index contributed by atoms with van der Waals surface area (Å²) < 4.78 is 26.0. The zero-order valence-electron chi connectivity index (χ0n) is 10.9. The van der Waals surface area contributed by atoms with Gasteiger partial charge < -0.3 is 0 Å². The zero-order chi connectivity index (χ0) is 14.9. The van der Waals surface area contributed by atoms with E-state index in [1.54, 1.807) is 25.1 Å². The largest absolute Gasteiger partial charge is 0.281 e. The molecule has 0 aliphatic carbocycles. The highest BCUT2D eigenvalue weighted by Gasteiger charge is 2.25. The summed E-state index contributed by atoms with van der Waals surface area (Å²) in [6, 6.07) is 5.12. The number of benzene rings is 1. The molecule has 1 aromatic heterocycles. The van der Waals surface area contributed by atoms with Crippen LogP contribution < -0.4 is 0 Å². The highest BCUT2D eigenvalue weighted by atomic mass is 35.5. The zero-order valence-corrected chi connectivity index (χ0v) is 13.2. The molecule has 0 saturated heterocycles. The Morgan fingerprint density at radius 3 is 2.65 bits per heavy atom. The van der Waals surface area contributed by atoms with E-state index >= 15 is 0 Å². The van der Waals surface area contributed by atoms with Crippen LogP contribution in [0.5, 0.6) is 0 Å². The molecule has 108 valence electrons. The average Bonchev–Trinajstić information content (AvgIpc) is 2.82. The Balaban J connectivity index is 2.31. The fourth-order valence-corrected chi connectivity index (χ4v) is 3.41. The van der Waals surface area contributed by atoms with E-state index in [4.69, 9.17) is 23.2 Å². The summed E-state index contributed by atoms with van der Waals surface area (Å²) in [7, 11) is -2.13. The summed E-state index contributed by atoms with van der Waals surface area (Å²) in [5.74, 6) is 0. The smallest absolute Gasteiger partial charge is 0.246 e. The first-order valence-corrected chi connectivity index (χ1v) is 7.93. The van der Waals surface area contributed by atoms with Gasteiger partial charge in [0.05, 0.1) is 21.9 Å². The molecule has 0 bridgehead atoms. The van der Waals surface area contributed by atoms with Crippen LogP contribution in [0.2, 0.25) is 10.0 Å². The normalized spacial score (nSPS) is 12.1. The number of hydrogen-bond acceptors (Lipinski definition) is 3. The second-order valence-corrected chi connectivity index (χ2v) is 7.13. The molecule has 1 N–H and O–H groups in total. The Kier molecular flexibility index (Phi) is 4.39. The summed E-state index contributed by atoms with van der Waals surface area (Å²) in [4.78, 5) is 0.151. The van der Waals surface area contributed by atoms with Crippen molar-refractivity contribution in [3.05, 3.63) is 45.7 Å². The topological polar surface area (TPSA) is 66.1 Å². The lowest BCUT2D eigenvalue weighted by Crippen LogP contribution is -2.26. The van der Waals surface area contributed by atoms with Crippen molar-refractivity contribution in [3.63, 3.8) is 0 Å². The first-order chi connectivity index (χ1) is 9.34. The molecule has 2 aromatic rings. The Hall–Kier alpha value is -1.08. The van der Waals surface area contributed by atoms with Gasteiger partial charge in [0.1, 0.15) is 4.90 Å². The summed E-state index contributed by atoms with van der Waals surface area (Å²) in [6.45, 7) is 1.78. The Morgan fingerprint density at radius 1 is 1.35 bits per heavy atom. The highest BCUT2D eigenvalue weighted by Crippen LogP contribution is 2.27. The van der Waals surface area contributed by atoms with E-state index in [9.17, 15) is 8.42 Å². The van der Waals surface area contributed by atoms with Gasteiger partial charge >= 0.3 is 0 Å². The Bertz CT molecular complexity index is 728. The number of aryl methyl sites for hydroxylation is 1. The molecular weight excluding hydrogens is 321 g/mol. The summed E-state index contributed by atoms with van der Waals surface area (Å²) in [5, 5.41) is 7.10. The van der Waals surface area contributed by atoms with E-state index in [-0.39, 0.29) is 11.4 Å².